The lowest BCUT2D eigenvalue weighted by Crippen LogP contribution is -2.46. The van der Waals surface area contributed by atoms with Crippen molar-refractivity contribution in [2.24, 2.45) is 10.7 Å². The standard InChI is InChI=1S/C18H30N4.HI/c1-18(2,3)21-17(19)20-13-16-11-7-8-12-22(16)14-15-9-5-4-6-10-15;/h4-6,9-10,16H,7-8,11-14H2,1-3H3,(H3,19,20,21);1H. The monoisotopic (exact) mass is 430 g/mol. The Hall–Kier alpha value is -0.820. The summed E-state index contributed by atoms with van der Waals surface area (Å²) in [5.74, 6) is 0.553. The molecule has 5 heteroatoms. The summed E-state index contributed by atoms with van der Waals surface area (Å²) in [6.45, 7) is 9.23. The maximum Gasteiger partial charge on any atom is 0.189 e. The first-order valence-electron chi connectivity index (χ1n) is 8.30. The van der Waals surface area contributed by atoms with Crippen molar-refractivity contribution in [3.8, 4) is 0 Å². The maximum atomic E-state index is 6.00. The van der Waals surface area contributed by atoms with Gasteiger partial charge in [0.2, 0.25) is 0 Å². The minimum Gasteiger partial charge on any atom is -0.370 e. The van der Waals surface area contributed by atoms with Gasteiger partial charge >= 0.3 is 0 Å². The number of hydrogen-bond donors (Lipinski definition) is 2. The predicted molar refractivity (Wildman–Crippen MR) is 109 cm³/mol. The third kappa shape index (κ3) is 7.52. The summed E-state index contributed by atoms with van der Waals surface area (Å²) in [6, 6.07) is 11.2. The quantitative estimate of drug-likeness (QED) is 0.438. The van der Waals surface area contributed by atoms with Crippen LogP contribution in [0, 0.1) is 0 Å². The topological polar surface area (TPSA) is 53.6 Å². The van der Waals surface area contributed by atoms with Gasteiger partial charge in [0.1, 0.15) is 0 Å². The fraction of sp³-hybridized carbons (Fsp3) is 0.611. The van der Waals surface area contributed by atoms with Crippen LogP contribution in [0.25, 0.3) is 0 Å². The molecule has 0 aliphatic carbocycles. The molecule has 1 aliphatic heterocycles. The zero-order chi connectivity index (χ0) is 16.0. The number of aliphatic imine (C=N–C) groups is 1. The van der Waals surface area contributed by atoms with Crippen molar-refractivity contribution in [3.05, 3.63) is 35.9 Å². The first-order valence-corrected chi connectivity index (χ1v) is 8.30. The van der Waals surface area contributed by atoms with Crippen LogP contribution in [0.5, 0.6) is 0 Å². The lowest BCUT2D eigenvalue weighted by molar-refractivity contribution is 0.145. The summed E-state index contributed by atoms with van der Waals surface area (Å²) in [5.41, 5.74) is 7.33. The molecule has 1 fully saturated rings. The number of hydrogen-bond acceptors (Lipinski definition) is 2. The highest BCUT2D eigenvalue weighted by molar-refractivity contribution is 14.0. The van der Waals surface area contributed by atoms with E-state index in [1.807, 2.05) is 0 Å². The number of piperidine rings is 1. The highest BCUT2D eigenvalue weighted by atomic mass is 127. The average Bonchev–Trinajstić information content (AvgIpc) is 2.46. The molecule has 0 spiro atoms. The van der Waals surface area contributed by atoms with Gasteiger partial charge in [-0.05, 0) is 45.7 Å². The van der Waals surface area contributed by atoms with Gasteiger partial charge in [0, 0.05) is 18.1 Å². The molecule has 2 rings (SSSR count). The van der Waals surface area contributed by atoms with Gasteiger partial charge in [-0.3, -0.25) is 9.89 Å². The zero-order valence-corrected chi connectivity index (χ0v) is 16.9. The van der Waals surface area contributed by atoms with E-state index in [0.717, 1.165) is 19.6 Å². The molecule has 1 aliphatic rings. The van der Waals surface area contributed by atoms with Crippen LogP contribution in [0.1, 0.15) is 45.6 Å². The van der Waals surface area contributed by atoms with Crippen molar-refractivity contribution in [1.29, 1.82) is 0 Å². The second-order valence-corrected chi connectivity index (χ2v) is 7.21. The number of halogens is 1. The van der Waals surface area contributed by atoms with Crippen molar-refractivity contribution in [2.45, 2.75) is 58.2 Å². The molecule has 1 aromatic carbocycles. The van der Waals surface area contributed by atoms with Gasteiger partial charge < -0.3 is 11.1 Å². The van der Waals surface area contributed by atoms with Gasteiger partial charge in [-0.25, -0.2) is 0 Å². The molecule has 0 aromatic heterocycles. The Labute approximate surface area is 157 Å². The Bertz CT molecular complexity index is 482. The van der Waals surface area contributed by atoms with Crippen LogP contribution in [0.3, 0.4) is 0 Å². The number of guanidine groups is 1. The molecule has 1 aromatic rings. The second kappa shape index (κ2) is 9.47. The van der Waals surface area contributed by atoms with Crippen LogP contribution in [0.4, 0.5) is 0 Å². The summed E-state index contributed by atoms with van der Waals surface area (Å²) in [5, 5.41) is 3.23. The van der Waals surface area contributed by atoms with Crippen molar-refractivity contribution >= 4 is 29.9 Å². The van der Waals surface area contributed by atoms with Crippen molar-refractivity contribution in [3.63, 3.8) is 0 Å². The van der Waals surface area contributed by atoms with E-state index in [2.05, 4.69) is 66.3 Å². The van der Waals surface area contributed by atoms with E-state index < -0.39 is 0 Å². The summed E-state index contributed by atoms with van der Waals surface area (Å²) in [6.07, 6.45) is 3.78. The molecule has 130 valence electrons. The van der Waals surface area contributed by atoms with Crippen LogP contribution in [-0.2, 0) is 6.54 Å². The number of rotatable bonds is 4. The Balaban J connectivity index is 0.00000264. The summed E-state index contributed by atoms with van der Waals surface area (Å²) >= 11 is 0. The van der Waals surface area contributed by atoms with E-state index in [-0.39, 0.29) is 29.5 Å². The van der Waals surface area contributed by atoms with E-state index in [1.165, 1.54) is 24.8 Å². The maximum absolute atomic E-state index is 6.00. The van der Waals surface area contributed by atoms with Gasteiger partial charge in [0.25, 0.3) is 0 Å². The van der Waals surface area contributed by atoms with E-state index in [9.17, 15) is 0 Å². The first-order chi connectivity index (χ1) is 10.4. The largest absolute Gasteiger partial charge is 0.370 e. The molecular weight excluding hydrogens is 399 g/mol. The third-order valence-electron chi connectivity index (χ3n) is 3.95. The molecule has 1 unspecified atom stereocenters. The molecule has 1 heterocycles. The molecule has 0 saturated carbocycles. The van der Waals surface area contributed by atoms with Gasteiger partial charge in [-0.15, -0.1) is 24.0 Å². The molecule has 23 heavy (non-hydrogen) atoms. The summed E-state index contributed by atoms with van der Waals surface area (Å²) in [7, 11) is 0. The minimum absolute atomic E-state index is 0. The Morgan fingerprint density at radius 3 is 2.61 bits per heavy atom. The summed E-state index contributed by atoms with van der Waals surface area (Å²) < 4.78 is 0. The highest BCUT2D eigenvalue weighted by Gasteiger charge is 2.22. The number of nitrogens with two attached hydrogens (primary N) is 1. The Morgan fingerprint density at radius 1 is 1.26 bits per heavy atom. The first kappa shape index (κ1) is 20.2. The van der Waals surface area contributed by atoms with Gasteiger partial charge in [0.15, 0.2) is 5.96 Å². The van der Waals surface area contributed by atoms with Crippen LogP contribution in [-0.4, -0.2) is 35.5 Å². The van der Waals surface area contributed by atoms with E-state index in [0.29, 0.717) is 12.0 Å². The van der Waals surface area contributed by atoms with Crippen LogP contribution < -0.4 is 11.1 Å². The smallest absolute Gasteiger partial charge is 0.189 e. The highest BCUT2D eigenvalue weighted by Crippen LogP contribution is 2.20. The van der Waals surface area contributed by atoms with Crippen LogP contribution in [0.2, 0.25) is 0 Å². The lowest BCUT2D eigenvalue weighted by atomic mass is 10.0. The van der Waals surface area contributed by atoms with Gasteiger partial charge in [0.05, 0.1) is 6.54 Å². The third-order valence-corrected chi connectivity index (χ3v) is 3.95. The molecular formula is C18H31IN4. The molecule has 0 radical (unpaired) electrons. The number of likely N-dealkylation sites (tertiary alicyclic amines) is 1. The van der Waals surface area contributed by atoms with Crippen molar-refractivity contribution in [2.75, 3.05) is 13.1 Å². The fourth-order valence-corrected chi connectivity index (χ4v) is 2.92. The van der Waals surface area contributed by atoms with Crippen molar-refractivity contribution in [1.82, 2.24) is 10.2 Å². The van der Waals surface area contributed by atoms with Crippen LogP contribution >= 0.6 is 24.0 Å². The fourth-order valence-electron chi connectivity index (χ4n) is 2.92. The minimum atomic E-state index is -0.0378. The Kier molecular flexibility index (Phi) is 8.33. The predicted octanol–water partition coefficient (Wildman–Crippen LogP) is 3.36. The average molecular weight is 430 g/mol. The normalized spacial score (nSPS) is 20.0. The van der Waals surface area contributed by atoms with E-state index in [1.54, 1.807) is 0 Å². The molecule has 3 N–H and O–H groups in total. The van der Waals surface area contributed by atoms with Crippen LogP contribution in [0.15, 0.2) is 35.3 Å². The summed E-state index contributed by atoms with van der Waals surface area (Å²) in [4.78, 5) is 7.12. The molecule has 0 amide bonds. The van der Waals surface area contributed by atoms with Gasteiger partial charge in [-0.2, -0.15) is 0 Å². The van der Waals surface area contributed by atoms with E-state index >= 15 is 0 Å². The molecule has 1 atom stereocenters. The number of benzene rings is 1. The zero-order valence-electron chi connectivity index (χ0n) is 14.6. The van der Waals surface area contributed by atoms with E-state index in [4.69, 9.17) is 5.73 Å². The van der Waals surface area contributed by atoms with Crippen molar-refractivity contribution < 1.29 is 0 Å². The SMILES string of the molecule is CC(C)(C)NC(N)=NCC1CCCCN1Cc1ccccc1.I. The van der Waals surface area contributed by atoms with Gasteiger partial charge in [-0.1, -0.05) is 36.8 Å². The molecule has 1 saturated heterocycles. The molecule has 4 nitrogen and oxygen atoms in total. The Morgan fingerprint density at radius 2 is 1.96 bits per heavy atom. The second-order valence-electron chi connectivity index (χ2n) is 7.21. The molecule has 0 bridgehead atoms. The lowest BCUT2D eigenvalue weighted by Gasteiger charge is -2.35. The number of nitrogens with zero attached hydrogens (tertiary/aromatic N) is 2. The number of nitrogens with one attached hydrogen (secondary N) is 1.